The maximum atomic E-state index is 15.5. The molecule has 2 aliphatic rings. The molecule has 0 aliphatic carbocycles. The first-order chi connectivity index (χ1) is 45.5. The molecule has 2 saturated heterocycles. The van der Waals surface area contributed by atoms with Crippen molar-refractivity contribution in [2.45, 2.75) is 229 Å². The van der Waals surface area contributed by atoms with Gasteiger partial charge in [0.2, 0.25) is 70.9 Å². The van der Waals surface area contributed by atoms with Gasteiger partial charge in [0.05, 0.1) is 6.61 Å². The second-order valence-electron chi connectivity index (χ2n) is 29.0. The van der Waals surface area contributed by atoms with Crippen molar-refractivity contribution in [1.29, 1.82) is 0 Å². The van der Waals surface area contributed by atoms with Crippen molar-refractivity contribution in [1.82, 2.24) is 65.8 Å². The Labute approximate surface area is 583 Å². The van der Waals surface area contributed by atoms with Gasteiger partial charge in [0.25, 0.3) is 0 Å². The van der Waals surface area contributed by atoms with Gasteiger partial charge in [-0.3, -0.25) is 62.3 Å². The molecule has 5 N–H and O–H groups in total. The van der Waals surface area contributed by atoms with Gasteiger partial charge in [-0.2, -0.15) is 0 Å². The lowest BCUT2D eigenvalue weighted by Crippen LogP contribution is -2.64. The van der Waals surface area contributed by atoms with Crippen LogP contribution in [0.15, 0.2) is 12.2 Å². The van der Waals surface area contributed by atoms with Gasteiger partial charge in [0.1, 0.15) is 79.2 Å². The van der Waals surface area contributed by atoms with E-state index in [1.807, 2.05) is 41.5 Å². The Morgan fingerprint density at radius 1 is 0.510 bits per heavy atom. The van der Waals surface area contributed by atoms with E-state index in [1.165, 1.54) is 89.7 Å². The minimum absolute atomic E-state index is 0.0579. The van der Waals surface area contributed by atoms with Crippen molar-refractivity contribution >= 4 is 76.9 Å². The molecule has 14 unspecified atom stereocenters. The van der Waals surface area contributed by atoms with Crippen LogP contribution in [0.5, 0.6) is 0 Å². The minimum atomic E-state index is -1.66. The number of hydrogen-bond acceptors (Lipinski definition) is 16. The molecule has 0 spiro atoms. The van der Waals surface area contributed by atoms with Crippen LogP contribution in [0, 0.1) is 41.4 Å². The van der Waals surface area contributed by atoms with Crippen LogP contribution in [-0.2, 0) is 71.8 Å². The molecule has 98 heavy (non-hydrogen) atoms. The molecule has 14 atom stereocenters. The number of nitrogens with one attached hydrogen (secondary N) is 5. The largest absolute Gasteiger partial charge is 0.459 e. The fraction of sp³-hybridized carbons (Fsp3) is 0.786. The number of likely N-dealkylation sites (N-methyl/N-ethyl adjacent to an activating group) is 7. The number of nitrogens with zero attached hydrogens (tertiary/aromatic N) is 8. The Bertz CT molecular complexity index is 2770. The summed E-state index contributed by atoms with van der Waals surface area (Å²) in [6, 6.07) is -14.6. The van der Waals surface area contributed by atoms with Crippen LogP contribution in [0.3, 0.4) is 0 Å². The summed E-state index contributed by atoms with van der Waals surface area (Å²) in [4.78, 5) is 201. The Morgan fingerprint density at radius 3 is 1.47 bits per heavy atom. The van der Waals surface area contributed by atoms with Gasteiger partial charge < -0.3 is 75.3 Å². The summed E-state index contributed by atoms with van der Waals surface area (Å²) in [7, 11) is 9.74. The highest BCUT2D eigenvalue weighted by Crippen LogP contribution is 2.27. The normalized spacial score (nSPS) is 26.8. The molecule has 0 aromatic rings. The first kappa shape index (κ1) is 86.9. The topological polar surface area (TPSA) is 326 Å². The van der Waals surface area contributed by atoms with Gasteiger partial charge in [0.15, 0.2) is 0 Å². The predicted molar refractivity (Wildman–Crippen MR) is 373 cm³/mol. The van der Waals surface area contributed by atoms with Crippen LogP contribution < -0.4 is 26.6 Å². The fourth-order valence-electron chi connectivity index (χ4n) is 12.6. The van der Waals surface area contributed by atoms with E-state index in [0.717, 1.165) is 21.6 Å². The van der Waals surface area contributed by atoms with Crippen LogP contribution in [-0.4, -0.2) is 277 Å². The van der Waals surface area contributed by atoms with E-state index < -0.39 is 167 Å². The van der Waals surface area contributed by atoms with E-state index in [4.69, 9.17) is 9.47 Å². The molecule has 2 rings (SSSR count). The van der Waals surface area contributed by atoms with Crippen molar-refractivity contribution in [2.75, 3.05) is 88.7 Å². The molecular formula is C70H123N13O15. The lowest BCUT2D eigenvalue weighted by atomic mass is 9.91. The molecule has 0 aromatic heterocycles. The van der Waals surface area contributed by atoms with Gasteiger partial charge in [-0.05, 0) is 95.3 Å². The predicted octanol–water partition coefficient (Wildman–Crippen LogP) is 2.27. The average Bonchev–Trinajstić information content (AvgIpc) is 0.803. The highest BCUT2D eigenvalue weighted by Gasteiger charge is 2.48. The van der Waals surface area contributed by atoms with Gasteiger partial charge in [-0.25, -0.2) is 0 Å². The Morgan fingerprint density at radius 2 is 0.980 bits per heavy atom. The second kappa shape index (κ2) is 40.1. The standard InChI is InChI=1S/C70H123N13O15/c1-26-28-29-44(13)59(98-49(18)84)58-63(89)74-50(27-2)66(92)76(19)48(17)65(91)81(24)57(45(14)37-97-38-54(85)83-32-30-71-31-33-83)62(88)75-55(42(9)10)69(95)77(20)51(34-39(3)4)61(87)72-46(15)60(86)73-47(16)64(90)78(21)52(35-40(5)6)67(93)79(22)53(36-41(7)8)68(94)80(23)56(43(11)12)70(96)82(58)25/h26,28,39-48,50-53,55-59,71H,27,29-38H2,1-25H3,(H,72,87)(H,73,86)(H,74,89)(H,75,88). The average molecular weight is 1390 g/mol. The molecule has 2 heterocycles. The lowest BCUT2D eigenvalue weighted by Gasteiger charge is -2.42. The van der Waals surface area contributed by atoms with Crippen molar-refractivity contribution in [3.05, 3.63) is 12.2 Å². The summed E-state index contributed by atoms with van der Waals surface area (Å²) >= 11 is 0. The van der Waals surface area contributed by atoms with Gasteiger partial charge in [0, 0.05) is 88.4 Å². The minimum Gasteiger partial charge on any atom is -0.459 e. The first-order valence-electron chi connectivity index (χ1n) is 34.9. The molecule has 28 nitrogen and oxygen atoms in total. The monoisotopic (exact) mass is 1390 g/mol. The highest BCUT2D eigenvalue weighted by molar-refractivity contribution is 6.00. The summed E-state index contributed by atoms with van der Waals surface area (Å²) < 4.78 is 11.9. The number of allylic oxidation sites excluding steroid dienone is 2. The third-order valence-electron chi connectivity index (χ3n) is 18.7. The fourth-order valence-corrected chi connectivity index (χ4v) is 12.6. The zero-order valence-electron chi connectivity index (χ0n) is 63.6. The van der Waals surface area contributed by atoms with Crippen molar-refractivity contribution < 1.29 is 71.8 Å². The molecular weight excluding hydrogens is 1260 g/mol. The molecule has 12 amide bonds. The highest BCUT2D eigenvalue weighted by atomic mass is 16.5. The molecule has 2 aliphatic heterocycles. The number of piperazine rings is 1. The number of hydrogen-bond donors (Lipinski definition) is 5. The molecule has 558 valence electrons. The Hall–Kier alpha value is -7.23. The number of esters is 1. The smallest absolute Gasteiger partial charge is 0.303 e. The maximum absolute atomic E-state index is 15.5. The Balaban J connectivity index is 3.11. The molecule has 28 heteroatoms. The van der Waals surface area contributed by atoms with Crippen molar-refractivity contribution in [3.63, 3.8) is 0 Å². The zero-order valence-corrected chi connectivity index (χ0v) is 63.6. The number of carbonyl (C=O) groups excluding carboxylic acids is 13. The second-order valence-corrected chi connectivity index (χ2v) is 29.0. The summed E-state index contributed by atoms with van der Waals surface area (Å²) in [6.45, 7) is 31.7. The molecule has 2 fully saturated rings. The van der Waals surface area contributed by atoms with Gasteiger partial charge in [-0.15, -0.1) is 0 Å². The number of ether oxygens (including phenoxy) is 2. The van der Waals surface area contributed by atoms with E-state index in [-0.39, 0.29) is 69.0 Å². The number of amides is 12. The van der Waals surface area contributed by atoms with Crippen molar-refractivity contribution in [3.8, 4) is 0 Å². The summed E-state index contributed by atoms with van der Waals surface area (Å²) in [5.41, 5.74) is 0. The molecule has 0 bridgehead atoms. The van der Waals surface area contributed by atoms with Crippen LogP contribution in [0.25, 0.3) is 0 Å². The van der Waals surface area contributed by atoms with Gasteiger partial charge >= 0.3 is 5.97 Å². The third kappa shape index (κ3) is 24.0. The van der Waals surface area contributed by atoms with Crippen LogP contribution in [0.2, 0.25) is 0 Å². The zero-order chi connectivity index (χ0) is 75.2. The number of carbonyl (C=O) groups is 13. The van der Waals surface area contributed by atoms with E-state index in [1.54, 1.807) is 72.4 Å². The third-order valence-corrected chi connectivity index (χ3v) is 18.7. The van der Waals surface area contributed by atoms with E-state index >= 15 is 28.8 Å². The molecule has 0 radical (unpaired) electrons. The van der Waals surface area contributed by atoms with E-state index in [0.29, 0.717) is 26.2 Å². The van der Waals surface area contributed by atoms with E-state index in [2.05, 4.69) is 26.6 Å². The van der Waals surface area contributed by atoms with Crippen molar-refractivity contribution in [2.24, 2.45) is 41.4 Å². The van der Waals surface area contributed by atoms with E-state index in [9.17, 15) is 33.6 Å². The Kier molecular flexibility index (Phi) is 35.6. The van der Waals surface area contributed by atoms with Crippen LogP contribution in [0.1, 0.15) is 157 Å². The summed E-state index contributed by atoms with van der Waals surface area (Å²) in [6.07, 6.45) is 2.77. The van der Waals surface area contributed by atoms with Gasteiger partial charge in [-0.1, -0.05) is 102 Å². The molecule has 0 aromatic carbocycles. The maximum Gasteiger partial charge on any atom is 0.303 e. The quantitative estimate of drug-likeness (QED) is 0.0915. The van der Waals surface area contributed by atoms with Crippen LogP contribution >= 0.6 is 0 Å². The lowest BCUT2D eigenvalue weighted by molar-refractivity contribution is -0.164. The first-order valence-corrected chi connectivity index (χ1v) is 34.9. The summed E-state index contributed by atoms with van der Waals surface area (Å²) in [5, 5.41) is 14.2. The SMILES string of the molecule is CC=CCC(C)C(OC(C)=O)C1C(=O)NC(CC)C(=O)N(C)C(C)C(=O)N(C)C(C(C)COCC(=O)N2CCNCC2)C(=O)NC(C(C)C)C(=O)N(C)C(CC(C)C)C(=O)NC(C)C(=O)NC(C)C(=O)N(C)C(CC(C)C)C(=O)N(C)C(CC(C)C)C(=O)N(C)C(C(C)C)C(=O)N1C. The molecule has 0 saturated carbocycles. The van der Waals surface area contributed by atoms with Crippen LogP contribution in [0.4, 0.5) is 0 Å². The number of rotatable bonds is 19. The summed E-state index contributed by atoms with van der Waals surface area (Å²) in [5.74, 6) is -12.5.